The second-order valence-electron chi connectivity index (χ2n) is 7.63. The van der Waals surface area contributed by atoms with Gasteiger partial charge in [0, 0.05) is 38.4 Å². The molecule has 0 saturated carbocycles. The van der Waals surface area contributed by atoms with Crippen molar-refractivity contribution in [3.8, 4) is 5.75 Å². The van der Waals surface area contributed by atoms with Crippen LogP contribution in [0.1, 0.15) is 18.5 Å². The first-order valence-corrected chi connectivity index (χ1v) is 9.69. The van der Waals surface area contributed by atoms with Crippen molar-refractivity contribution in [2.45, 2.75) is 13.0 Å². The number of hydrogen-bond acceptors (Lipinski definition) is 3. The highest BCUT2D eigenvalue weighted by Gasteiger charge is 2.49. The summed E-state index contributed by atoms with van der Waals surface area (Å²) in [5.74, 6) is 0.484. The van der Waals surface area contributed by atoms with Gasteiger partial charge in [-0.15, -0.1) is 0 Å². The predicted molar refractivity (Wildman–Crippen MR) is 107 cm³/mol. The maximum atomic E-state index is 13.8. The Morgan fingerprint density at radius 2 is 1.90 bits per heavy atom. The Hall–Kier alpha value is -3.09. The lowest BCUT2D eigenvalue weighted by atomic mass is 9.89. The van der Waals surface area contributed by atoms with Crippen LogP contribution in [0.15, 0.2) is 48.5 Å². The van der Waals surface area contributed by atoms with Gasteiger partial charge in [-0.1, -0.05) is 24.3 Å². The quantitative estimate of drug-likeness (QED) is 0.862. The van der Waals surface area contributed by atoms with Crippen molar-refractivity contribution in [1.82, 2.24) is 9.80 Å². The number of carbonyl (C=O) groups excluding carboxylic acids is 2. The second-order valence-corrected chi connectivity index (χ2v) is 7.63. The number of hydrogen-bond donors (Lipinski definition) is 1. The van der Waals surface area contributed by atoms with Crippen LogP contribution in [0.3, 0.4) is 0 Å². The van der Waals surface area contributed by atoms with Gasteiger partial charge in [0.25, 0.3) is 0 Å². The smallest absolute Gasteiger partial charge is 0.321 e. The fraction of sp³-hybridized carbons (Fsp3) is 0.364. The highest BCUT2D eigenvalue weighted by molar-refractivity contribution is 5.91. The molecule has 0 radical (unpaired) electrons. The Morgan fingerprint density at radius 1 is 1.10 bits per heavy atom. The number of rotatable bonds is 3. The SMILES string of the molecule is COc1ccccc1NC(=O)N1C[C@@H]2CN(C(C)=O)[C@H](c3cccc(F)c3)[C@@H]2C1. The molecule has 0 aliphatic carbocycles. The molecule has 6 nitrogen and oxygen atoms in total. The molecule has 152 valence electrons. The number of halogens is 1. The zero-order chi connectivity index (χ0) is 20.5. The van der Waals surface area contributed by atoms with E-state index in [4.69, 9.17) is 4.74 Å². The Labute approximate surface area is 169 Å². The number of amides is 3. The number of fused-ring (bicyclic) bond motifs is 1. The molecule has 3 amide bonds. The lowest BCUT2D eigenvalue weighted by Crippen LogP contribution is -2.38. The first-order chi connectivity index (χ1) is 14.0. The van der Waals surface area contributed by atoms with Gasteiger partial charge in [0.15, 0.2) is 0 Å². The Balaban J connectivity index is 1.53. The van der Waals surface area contributed by atoms with Crippen molar-refractivity contribution in [3.63, 3.8) is 0 Å². The monoisotopic (exact) mass is 397 g/mol. The maximum absolute atomic E-state index is 13.8. The second kappa shape index (κ2) is 7.73. The molecule has 0 aromatic heterocycles. The normalized spacial score (nSPS) is 23.1. The van der Waals surface area contributed by atoms with Gasteiger partial charge in [0.1, 0.15) is 11.6 Å². The third-order valence-corrected chi connectivity index (χ3v) is 5.89. The van der Waals surface area contributed by atoms with Crippen LogP contribution in [0.4, 0.5) is 14.9 Å². The van der Waals surface area contributed by atoms with Crippen molar-refractivity contribution in [2.24, 2.45) is 11.8 Å². The summed E-state index contributed by atoms with van der Waals surface area (Å²) in [5, 5.41) is 2.91. The summed E-state index contributed by atoms with van der Waals surface area (Å²) in [7, 11) is 1.56. The van der Waals surface area contributed by atoms with Crippen LogP contribution in [-0.4, -0.2) is 48.5 Å². The molecule has 2 aromatic carbocycles. The van der Waals surface area contributed by atoms with Crippen LogP contribution < -0.4 is 10.1 Å². The van der Waals surface area contributed by atoms with Gasteiger partial charge >= 0.3 is 6.03 Å². The first-order valence-electron chi connectivity index (χ1n) is 9.69. The molecular formula is C22H24FN3O3. The average molecular weight is 397 g/mol. The van der Waals surface area contributed by atoms with E-state index in [0.29, 0.717) is 31.1 Å². The summed E-state index contributed by atoms with van der Waals surface area (Å²) in [6.45, 7) is 3.18. The Kier molecular flexibility index (Phi) is 5.13. The predicted octanol–water partition coefficient (Wildman–Crippen LogP) is 3.52. The van der Waals surface area contributed by atoms with Crippen LogP contribution >= 0.6 is 0 Å². The van der Waals surface area contributed by atoms with E-state index >= 15 is 0 Å². The maximum Gasteiger partial charge on any atom is 0.321 e. The largest absolute Gasteiger partial charge is 0.495 e. The standard InChI is InChI=1S/C22H24FN3O3/c1-14(27)26-12-16-11-25(22(28)24-19-8-3-4-9-20(19)29-2)13-18(16)21(26)15-6-5-7-17(23)10-15/h3-10,16,18,21H,11-13H2,1-2H3,(H,24,28)/t16-,18-,21-/m1/s1. The number of carbonyl (C=O) groups is 2. The molecule has 0 spiro atoms. The Morgan fingerprint density at radius 3 is 2.62 bits per heavy atom. The fourth-order valence-electron chi connectivity index (χ4n) is 4.59. The summed E-state index contributed by atoms with van der Waals surface area (Å²) in [4.78, 5) is 28.6. The van der Waals surface area contributed by atoms with Crippen molar-refractivity contribution < 1.29 is 18.7 Å². The number of anilines is 1. The highest BCUT2D eigenvalue weighted by atomic mass is 19.1. The topological polar surface area (TPSA) is 61.9 Å². The minimum Gasteiger partial charge on any atom is -0.495 e. The minimum atomic E-state index is -0.321. The van der Waals surface area contributed by atoms with E-state index in [-0.39, 0.29) is 35.6 Å². The molecule has 1 N–H and O–H groups in total. The molecule has 0 bridgehead atoms. The van der Waals surface area contributed by atoms with Crippen molar-refractivity contribution >= 4 is 17.6 Å². The van der Waals surface area contributed by atoms with Gasteiger partial charge < -0.3 is 19.9 Å². The molecule has 3 atom stereocenters. The van der Waals surface area contributed by atoms with Gasteiger partial charge in [-0.05, 0) is 29.8 Å². The summed E-state index contributed by atoms with van der Waals surface area (Å²) in [6.07, 6.45) is 0. The number of ether oxygens (including phenoxy) is 1. The van der Waals surface area contributed by atoms with Crippen LogP contribution in [0.25, 0.3) is 0 Å². The summed E-state index contributed by atoms with van der Waals surface area (Å²) in [6, 6.07) is 13.2. The van der Waals surface area contributed by atoms with Gasteiger partial charge in [-0.2, -0.15) is 0 Å². The van der Waals surface area contributed by atoms with E-state index in [9.17, 15) is 14.0 Å². The zero-order valence-corrected chi connectivity index (χ0v) is 16.5. The van der Waals surface area contributed by atoms with E-state index in [2.05, 4.69) is 5.32 Å². The van der Waals surface area contributed by atoms with Crippen LogP contribution in [0.2, 0.25) is 0 Å². The zero-order valence-electron chi connectivity index (χ0n) is 16.5. The molecular weight excluding hydrogens is 373 g/mol. The molecule has 2 saturated heterocycles. The number of nitrogens with one attached hydrogen (secondary N) is 1. The number of likely N-dealkylation sites (tertiary alicyclic amines) is 2. The third-order valence-electron chi connectivity index (χ3n) is 5.89. The summed E-state index contributed by atoms with van der Waals surface area (Å²) >= 11 is 0. The number of nitrogens with zero attached hydrogens (tertiary/aromatic N) is 2. The third kappa shape index (κ3) is 3.64. The molecule has 29 heavy (non-hydrogen) atoms. The van der Waals surface area contributed by atoms with Crippen molar-refractivity contribution in [1.29, 1.82) is 0 Å². The number of para-hydroxylation sites is 2. The van der Waals surface area contributed by atoms with E-state index < -0.39 is 0 Å². The fourth-order valence-corrected chi connectivity index (χ4v) is 4.59. The van der Waals surface area contributed by atoms with E-state index in [0.717, 1.165) is 5.56 Å². The molecule has 2 aromatic rings. The van der Waals surface area contributed by atoms with Crippen molar-refractivity contribution in [2.75, 3.05) is 32.1 Å². The number of benzene rings is 2. The summed E-state index contributed by atoms with van der Waals surface area (Å²) < 4.78 is 19.1. The van der Waals surface area contributed by atoms with Gasteiger partial charge in [-0.3, -0.25) is 4.79 Å². The van der Waals surface area contributed by atoms with Gasteiger partial charge in [0.05, 0.1) is 18.8 Å². The molecule has 2 aliphatic heterocycles. The highest BCUT2D eigenvalue weighted by Crippen LogP contribution is 2.45. The van der Waals surface area contributed by atoms with E-state index in [1.165, 1.54) is 12.1 Å². The molecule has 4 rings (SSSR count). The number of urea groups is 1. The molecule has 2 fully saturated rings. The summed E-state index contributed by atoms with van der Waals surface area (Å²) in [5.41, 5.74) is 1.39. The molecule has 0 unspecified atom stereocenters. The van der Waals surface area contributed by atoms with E-state index in [1.807, 2.05) is 18.2 Å². The first kappa shape index (κ1) is 19.2. The average Bonchev–Trinajstić information content (AvgIpc) is 3.26. The lowest BCUT2D eigenvalue weighted by Gasteiger charge is -2.29. The van der Waals surface area contributed by atoms with Crippen LogP contribution in [0, 0.1) is 17.7 Å². The number of methoxy groups -OCH3 is 1. The van der Waals surface area contributed by atoms with Gasteiger partial charge in [0.2, 0.25) is 5.91 Å². The Bertz CT molecular complexity index is 935. The molecule has 7 heteroatoms. The van der Waals surface area contributed by atoms with Crippen molar-refractivity contribution in [3.05, 3.63) is 59.9 Å². The van der Waals surface area contributed by atoms with E-state index in [1.54, 1.807) is 42.0 Å². The van der Waals surface area contributed by atoms with Gasteiger partial charge in [-0.25, -0.2) is 9.18 Å². The van der Waals surface area contributed by atoms with Crippen LogP contribution in [0.5, 0.6) is 5.75 Å². The van der Waals surface area contributed by atoms with Crippen LogP contribution in [-0.2, 0) is 4.79 Å². The molecule has 2 aliphatic rings. The lowest BCUT2D eigenvalue weighted by molar-refractivity contribution is -0.130. The molecule has 2 heterocycles. The minimum absolute atomic E-state index is 0.0290.